The zero-order chi connectivity index (χ0) is 15.8. The molecule has 1 aromatic carbocycles. The Hall–Kier alpha value is -1.37. The van der Waals surface area contributed by atoms with Gasteiger partial charge in [0.1, 0.15) is 11.5 Å². The Balaban J connectivity index is 3.09. The highest BCUT2D eigenvalue weighted by molar-refractivity contribution is 7.80. The standard InChI is InChI=1S/C14H19ClN2O3S/c1-3-20-13(18)9-17(6-7-19-2)12-8-10(15)4-5-11(12)14(16)21/h4-5,8H,3,6-7,9H2,1-2H3,(H2,16,21). The zero-order valence-electron chi connectivity index (χ0n) is 12.1. The summed E-state index contributed by atoms with van der Waals surface area (Å²) >= 11 is 11.1. The van der Waals surface area contributed by atoms with Crippen molar-refractivity contribution < 1.29 is 14.3 Å². The number of rotatable bonds is 8. The summed E-state index contributed by atoms with van der Waals surface area (Å²) < 4.78 is 10.1. The van der Waals surface area contributed by atoms with Crippen LogP contribution in [0.15, 0.2) is 18.2 Å². The molecule has 1 rings (SSSR count). The lowest BCUT2D eigenvalue weighted by molar-refractivity contribution is -0.141. The normalized spacial score (nSPS) is 10.2. The number of halogens is 1. The van der Waals surface area contributed by atoms with Crippen molar-refractivity contribution >= 4 is 40.5 Å². The van der Waals surface area contributed by atoms with Crippen LogP contribution in [0, 0.1) is 0 Å². The number of benzene rings is 1. The largest absolute Gasteiger partial charge is 0.465 e. The maximum Gasteiger partial charge on any atom is 0.325 e. The first-order chi connectivity index (χ1) is 9.99. The predicted molar refractivity (Wildman–Crippen MR) is 88.1 cm³/mol. The molecule has 0 aliphatic carbocycles. The van der Waals surface area contributed by atoms with Gasteiger partial charge in [0, 0.05) is 29.9 Å². The average molecular weight is 331 g/mol. The molecule has 0 aliphatic heterocycles. The van der Waals surface area contributed by atoms with E-state index in [1.807, 2.05) is 0 Å². The maximum absolute atomic E-state index is 11.8. The van der Waals surface area contributed by atoms with Gasteiger partial charge in [0.2, 0.25) is 0 Å². The van der Waals surface area contributed by atoms with Crippen LogP contribution in [0.3, 0.4) is 0 Å². The van der Waals surface area contributed by atoms with Gasteiger partial charge in [-0.2, -0.15) is 0 Å². The summed E-state index contributed by atoms with van der Waals surface area (Å²) in [6.45, 7) is 3.10. The molecule has 0 bridgehead atoms. The highest BCUT2D eigenvalue weighted by Gasteiger charge is 2.17. The Bertz CT molecular complexity index is 511. The molecule has 0 amide bonds. The van der Waals surface area contributed by atoms with Crippen LogP contribution in [0.2, 0.25) is 5.02 Å². The summed E-state index contributed by atoms with van der Waals surface area (Å²) in [5, 5.41) is 0.538. The third kappa shape index (κ3) is 5.49. The summed E-state index contributed by atoms with van der Waals surface area (Å²) in [5.74, 6) is -0.331. The lowest BCUT2D eigenvalue weighted by Gasteiger charge is -2.26. The van der Waals surface area contributed by atoms with Crippen molar-refractivity contribution in [3.63, 3.8) is 0 Å². The summed E-state index contributed by atoms with van der Waals surface area (Å²) in [5.41, 5.74) is 7.09. The van der Waals surface area contributed by atoms with Gasteiger partial charge < -0.3 is 20.1 Å². The molecule has 0 saturated heterocycles. The minimum absolute atomic E-state index is 0.0765. The number of nitrogens with zero attached hydrogens (tertiary/aromatic N) is 1. The van der Waals surface area contributed by atoms with Crippen LogP contribution in [-0.2, 0) is 14.3 Å². The van der Waals surface area contributed by atoms with Crippen LogP contribution in [0.4, 0.5) is 5.69 Å². The number of hydrogen-bond donors (Lipinski definition) is 1. The third-order valence-corrected chi connectivity index (χ3v) is 3.21. The van der Waals surface area contributed by atoms with E-state index >= 15 is 0 Å². The van der Waals surface area contributed by atoms with Gasteiger partial charge in [-0.25, -0.2) is 0 Å². The van der Waals surface area contributed by atoms with Crippen LogP contribution in [0.25, 0.3) is 0 Å². The van der Waals surface area contributed by atoms with Crippen LogP contribution in [0.5, 0.6) is 0 Å². The molecule has 0 heterocycles. The quantitative estimate of drug-likeness (QED) is 0.581. The minimum Gasteiger partial charge on any atom is -0.465 e. The predicted octanol–water partition coefficient (Wildman–Crippen LogP) is 1.99. The van der Waals surface area contributed by atoms with E-state index in [2.05, 4.69) is 0 Å². The number of hydrogen-bond acceptors (Lipinski definition) is 5. The molecule has 0 unspecified atom stereocenters. The molecule has 2 N–H and O–H groups in total. The van der Waals surface area contributed by atoms with Gasteiger partial charge in [-0.15, -0.1) is 0 Å². The maximum atomic E-state index is 11.8. The van der Waals surface area contributed by atoms with Crippen molar-refractivity contribution in [3.8, 4) is 0 Å². The summed E-state index contributed by atoms with van der Waals surface area (Å²) in [4.78, 5) is 13.8. The molecular formula is C14H19ClN2O3S. The molecule has 21 heavy (non-hydrogen) atoms. The first kappa shape index (κ1) is 17.7. The number of thiocarbonyl (C=S) groups is 1. The molecule has 0 spiro atoms. The monoisotopic (exact) mass is 330 g/mol. The van der Waals surface area contributed by atoms with E-state index in [4.69, 9.17) is 39.0 Å². The highest BCUT2D eigenvalue weighted by Crippen LogP contribution is 2.25. The summed E-state index contributed by atoms with van der Waals surface area (Å²) in [6, 6.07) is 5.17. The van der Waals surface area contributed by atoms with E-state index < -0.39 is 0 Å². The first-order valence-electron chi connectivity index (χ1n) is 6.48. The zero-order valence-corrected chi connectivity index (χ0v) is 13.7. The van der Waals surface area contributed by atoms with Crippen LogP contribution in [0.1, 0.15) is 12.5 Å². The lowest BCUT2D eigenvalue weighted by atomic mass is 10.1. The second kappa shape index (κ2) is 8.81. The van der Waals surface area contributed by atoms with Crippen molar-refractivity contribution in [2.75, 3.05) is 38.3 Å². The van der Waals surface area contributed by atoms with Gasteiger partial charge in [0.25, 0.3) is 0 Å². The average Bonchev–Trinajstić information content (AvgIpc) is 2.43. The van der Waals surface area contributed by atoms with E-state index in [1.54, 1.807) is 37.1 Å². The molecule has 0 aromatic heterocycles. The molecule has 1 aromatic rings. The number of methoxy groups -OCH3 is 1. The number of nitrogens with two attached hydrogens (primary N) is 1. The smallest absolute Gasteiger partial charge is 0.325 e. The van der Waals surface area contributed by atoms with Crippen LogP contribution >= 0.6 is 23.8 Å². The molecule has 0 fully saturated rings. The summed E-state index contributed by atoms with van der Waals surface area (Å²) in [7, 11) is 1.59. The molecular weight excluding hydrogens is 312 g/mol. The van der Waals surface area contributed by atoms with Crippen LogP contribution < -0.4 is 10.6 Å². The number of anilines is 1. The molecule has 5 nitrogen and oxygen atoms in total. The van der Waals surface area contributed by atoms with Gasteiger partial charge in [0.05, 0.1) is 13.2 Å². The van der Waals surface area contributed by atoms with Gasteiger partial charge in [-0.3, -0.25) is 4.79 Å². The van der Waals surface area contributed by atoms with E-state index in [9.17, 15) is 4.79 Å². The Morgan fingerprint density at radius 1 is 1.48 bits per heavy atom. The van der Waals surface area contributed by atoms with E-state index in [1.165, 1.54) is 0 Å². The molecule has 0 radical (unpaired) electrons. The van der Waals surface area contributed by atoms with E-state index in [0.29, 0.717) is 36.0 Å². The third-order valence-electron chi connectivity index (χ3n) is 2.76. The van der Waals surface area contributed by atoms with Crippen molar-refractivity contribution in [1.82, 2.24) is 0 Å². The van der Waals surface area contributed by atoms with Crippen LogP contribution in [-0.4, -0.2) is 44.4 Å². The van der Waals surface area contributed by atoms with Gasteiger partial charge in [0.15, 0.2) is 0 Å². The van der Waals surface area contributed by atoms with Crippen molar-refractivity contribution in [1.29, 1.82) is 0 Å². The minimum atomic E-state index is -0.331. The summed E-state index contributed by atoms with van der Waals surface area (Å²) in [6.07, 6.45) is 0. The number of esters is 1. The fraction of sp³-hybridized carbons (Fsp3) is 0.429. The number of carbonyl (C=O) groups excluding carboxylic acids is 1. The van der Waals surface area contributed by atoms with Gasteiger partial charge in [-0.05, 0) is 25.1 Å². The van der Waals surface area contributed by atoms with Crippen molar-refractivity contribution in [3.05, 3.63) is 28.8 Å². The highest BCUT2D eigenvalue weighted by atomic mass is 35.5. The lowest BCUT2D eigenvalue weighted by Crippen LogP contribution is -2.35. The molecule has 116 valence electrons. The fourth-order valence-corrected chi connectivity index (χ4v) is 2.16. The second-order valence-corrected chi connectivity index (χ2v) is 5.12. The topological polar surface area (TPSA) is 64.8 Å². The van der Waals surface area contributed by atoms with Crippen molar-refractivity contribution in [2.45, 2.75) is 6.92 Å². The van der Waals surface area contributed by atoms with E-state index in [-0.39, 0.29) is 17.5 Å². The van der Waals surface area contributed by atoms with Gasteiger partial charge in [-0.1, -0.05) is 23.8 Å². The fourth-order valence-electron chi connectivity index (χ4n) is 1.82. The number of ether oxygens (including phenoxy) is 2. The van der Waals surface area contributed by atoms with Gasteiger partial charge >= 0.3 is 5.97 Å². The Morgan fingerprint density at radius 3 is 2.76 bits per heavy atom. The van der Waals surface area contributed by atoms with Crippen molar-refractivity contribution in [2.24, 2.45) is 5.73 Å². The SMILES string of the molecule is CCOC(=O)CN(CCOC)c1cc(Cl)ccc1C(N)=S. The number of carbonyl (C=O) groups is 1. The molecule has 7 heteroatoms. The van der Waals surface area contributed by atoms with E-state index in [0.717, 1.165) is 0 Å². The Kier molecular flexibility index (Phi) is 7.42. The molecule has 0 saturated carbocycles. The Labute approximate surface area is 135 Å². The first-order valence-corrected chi connectivity index (χ1v) is 7.27. The molecule has 0 aliphatic rings. The Morgan fingerprint density at radius 2 is 2.19 bits per heavy atom. The molecule has 0 atom stereocenters. The second-order valence-electron chi connectivity index (χ2n) is 4.25.